The normalized spacial score (nSPS) is 11.9. The van der Waals surface area contributed by atoms with Crippen LogP contribution in [0.3, 0.4) is 0 Å². The fourth-order valence-electron chi connectivity index (χ4n) is 3.56. The molecule has 0 spiro atoms. The Morgan fingerprint density at radius 3 is 1.97 bits per heavy atom. The molecule has 3 aromatic carbocycles. The van der Waals surface area contributed by atoms with Gasteiger partial charge in [0.1, 0.15) is 0 Å². The predicted octanol–water partition coefficient (Wildman–Crippen LogP) is 6.18. The highest BCUT2D eigenvalue weighted by atomic mass is 35.5. The lowest BCUT2D eigenvalue weighted by Gasteiger charge is -2.17. The van der Waals surface area contributed by atoms with Crippen molar-refractivity contribution in [3.8, 4) is 0 Å². The summed E-state index contributed by atoms with van der Waals surface area (Å²) in [5.41, 5.74) is 2.47. The molecule has 0 amide bonds. The summed E-state index contributed by atoms with van der Waals surface area (Å²) in [6, 6.07) is 15.4. The first-order chi connectivity index (χ1) is 13.7. The van der Waals surface area contributed by atoms with E-state index in [9.17, 15) is 14.2 Å². The third kappa shape index (κ3) is 4.09. The van der Waals surface area contributed by atoms with Crippen LogP contribution in [0.15, 0.2) is 54.6 Å². The molecule has 0 saturated heterocycles. The first-order valence-electron chi connectivity index (χ1n) is 8.97. The average molecular weight is 445 g/mol. The van der Waals surface area contributed by atoms with E-state index in [2.05, 4.69) is 0 Å². The molecular formula is C23H19Cl2O3P. The van der Waals surface area contributed by atoms with Gasteiger partial charge in [-0.05, 0) is 49.6 Å². The second-order valence-electron chi connectivity index (χ2n) is 6.84. The van der Waals surface area contributed by atoms with Crippen LogP contribution < -0.4 is 5.30 Å². The van der Waals surface area contributed by atoms with E-state index in [1.165, 1.54) is 12.1 Å². The fraction of sp³-hybridized carbons (Fsp3) is 0.130. The van der Waals surface area contributed by atoms with Gasteiger partial charge in [0.05, 0.1) is 15.6 Å². The summed E-state index contributed by atoms with van der Waals surface area (Å²) in [7, 11) is -2.96. The van der Waals surface area contributed by atoms with Crippen LogP contribution in [0.4, 0.5) is 0 Å². The predicted molar refractivity (Wildman–Crippen MR) is 120 cm³/mol. The summed E-state index contributed by atoms with van der Waals surface area (Å²) in [4.78, 5) is 26.1. The van der Waals surface area contributed by atoms with Crippen LogP contribution in [0.1, 0.15) is 43.0 Å². The Hall–Kier alpha value is -2.19. The second kappa shape index (κ2) is 8.67. The smallest absolute Gasteiger partial charge is 0.225 e. The SMILES string of the molecule is Cc1cc(C)c([PH](=O)C(=O)c2c(Cl)cccc2Cl)c(C)c1C(=O)c1ccccc1. The van der Waals surface area contributed by atoms with Gasteiger partial charge in [0.15, 0.2) is 13.6 Å². The van der Waals surface area contributed by atoms with Crippen molar-refractivity contribution in [3.63, 3.8) is 0 Å². The zero-order chi connectivity index (χ0) is 21.3. The summed E-state index contributed by atoms with van der Waals surface area (Å²) < 4.78 is 13.3. The number of rotatable bonds is 5. The molecule has 0 aliphatic carbocycles. The molecule has 0 bridgehead atoms. The molecule has 148 valence electrons. The van der Waals surface area contributed by atoms with Crippen LogP contribution in [0.2, 0.25) is 10.0 Å². The third-order valence-corrected chi connectivity index (χ3v) is 7.37. The third-order valence-electron chi connectivity index (χ3n) is 4.86. The topological polar surface area (TPSA) is 51.2 Å². The minimum Gasteiger partial charge on any atom is -0.313 e. The molecule has 0 heterocycles. The minimum absolute atomic E-state index is 0.0510. The number of carbonyl (C=O) groups is 2. The maximum absolute atomic E-state index is 13.3. The first-order valence-corrected chi connectivity index (χ1v) is 11.1. The van der Waals surface area contributed by atoms with Crippen LogP contribution in [-0.4, -0.2) is 11.3 Å². The van der Waals surface area contributed by atoms with Gasteiger partial charge in [0.2, 0.25) is 5.52 Å². The summed E-state index contributed by atoms with van der Waals surface area (Å²) in [6.07, 6.45) is 0. The van der Waals surface area contributed by atoms with Gasteiger partial charge in [-0.3, -0.25) is 9.59 Å². The van der Waals surface area contributed by atoms with Crippen molar-refractivity contribution in [1.82, 2.24) is 0 Å². The summed E-state index contributed by atoms with van der Waals surface area (Å²) in [5, 5.41) is 0.702. The number of carbonyl (C=O) groups excluding carboxylic acids is 2. The van der Waals surface area contributed by atoms with E-state index in [-0.39, 0.29) is 21.4 Å². The van der Waals surface area contributed by atoms with Gasteiger partial charge in [-0.25, -0.2) is 0 Å². The van der Waals surface area contributed by atoms with Gasteiger partial charge < -0.3 is 4.57 Å². The lowest BCUT2D eigenvalue weighted by Crippen LogP contribution is -2.18. The standard InChI is InChI=1S/C23H19Cl2O3P/c1-13-12-14(2)22(15(3)19(13)21(26)16-8-5-4-6-9-16)29(28)23(27)20-17(24)10-7-11-18(20)25/h4-12,29H,1-3H3. The molecule has 0 aliphatic heterocycles. The Labute approximate surface area is 180 Å². The van der Waals surface area contributed by atoms with Crippen LogP contribution in [-0.2, 0) is 4.57 Å². The molecule has 6 heteroatoms. The molecule has 1 unspecified atom stereocenters. The van der Waals surface area contributed by atoms with Crippen LogP contribution in [0.25, 0.3) is 0 Å². The minimum atomic E-state index is -2.96. The molecule has 3 rings (SSSR count). The molecule has 0 aromatic heterocycles. The van der Waals surface area contributed by atoms with Gasteiger partial charge in [-0.2, -0.15) is 0 Å². The van der Waals surface area contributed by atoms with E-state index < -0.39 is 13.3 Å². The van der Waals surface area contributed by atoms with Gasteiger partial charge in [0.25, 0.3) is 0 Å². The van der Waals surface area contributed by atoms with Crippen LogP contribution in [0.5, 0.6) is 0 Å². The second-order valence-corrected chi connectivity index (χ2v) is 9.26. The number of hydrogen-bond acceptors (Lipinski definition) is 3. The lowest BCUT2D eigenvalue weighted by atomic mass is 9.93. The van der Waals surface area contributed by atoms with Gasteiger partial charge in [0, 0.05) is 16.4 Å². The molecule has 0 fully saturated rings. The largest absolute Gasteiger partial charge is 0.313 e. The highest BCUT2D eigenvalue weighted by Crippen LogP contribution is 2.37. The number of ketones is 1. The Bertz CT molecular complexity index is 1130. The number of halogens is 2. The molecule has 3 aromatic rings. The molecule has 0 aliphatic rings. The van der Waals surface area contributed by atoms with Crippen molar-refractivity contribution in [1.29, 1.82) is 0 Å². The van der Waals surface area contributed by atoms with Crippen molar-refractivity contribution < 1.29 is 14.2 Å². The lowest BCUT2D eigenvalue weighted by molar-refractivity contribution is 0.103. The maximum atomic E-state index is 13.3. The molecule has 0 saturated carbocycles. The van der Waals surface area contributed by atoms with E-state index in [0.717, 1.165) is 5.56 Å². The summed E-state index contributed by atoms with van der Waals surface area (Å²) in [5.74, 6) is -0.167. The van der Waals surface area contributed by atoms with Crippen molar-refractivity contribution >= 4 is 47.6 Å². The summed E-state index contributed by atoms with van der Waals surface area (Å²) in [6.45, 7) is 5.36. The van der Waals surface area contributed by atoms with E-state index in [1.807, 2.05) is 13.0 Å². The van der Waals surface area contributed by atoms with Gasteiger partial charge in [-0.1, -0.05) is 65.7 Å². The van der Waals surface area contributed by atoms with Crippen LogP contribution in [0, 0.1) is 20.8 Å². The van der Waals surface area contributed by atoms with Gasteiger partial charge in [-0.15, -0.1) is 0 Å². The molecule has 0 radical (unpaired) electrons. The van der Waals surface area contributed by atoms with E-state index in [0.29, 0.717) is 27.6 Å². The molecular weight excluding hydrogens is 426 g/mol. The number of benzene rings is 3. The maximum Gasteiger partial charge on any atom is 0.225 e. The molecule has 3 nitrogen and oxygen atoms in total. The average Bonchev–Trinajstić information content (AvgIpc) is 2.67. The van der Waals surface area contributed by atoms with E-state index in [1.54, 1.807) is 50.2 Å². The zero-order valence-electron chi connectivity index (χ0n) is 16.2. The Kier molecular flexibility index (Phi) is 6.43. The van der Waals surface area contributed by atoms with E-state index >= 15 is 0 Å². The Balaban J connectivity index is 2.14. The molecule has 29 heavy (non-hydrogen) atoms. The monoisotopic (exact) mass is 444 g/mol. The number of aryl methyl sites for hydroxylation is 2. The van der Waals surface area contributed by atoms with Crippen LogP contribution >= 0.6 is 31.0 Å². The molecule has 1 atom stereocenters. The number of hydrogen-bond donors (Lipinski definition) is 0. The van der Waals surface area contributed by atoms with Crippen molar-refractivity contribution in [2.45, 2.75) is 20.8 Å². The van der Waals surface area contributed by atoms with Gasteiger partial charge >= 0.3 is 0 Å². The fourth-order valence-corrected chi connectivity index (χ4v) is 5.91. The van der Waals surface area contributed by atoms with E-state index in [4.69, 9.17) is 23.2 Å². The van der Waals surface area contributed by atoms with Crippen molar-refractivity contribution in [2.75, 3.05) is 0 Å². The first kappa shape index (κ1) is 21.5. The molecule has 0 N–H and O–H groups in total. The Morgan fingerprint density at radius 1 is 0.793 bits per heavy atom. The summed E-state index contributed by atoms with van der Waals surface area (Å²) >= 11 is 12.3. The highest BCUT2D eigenvalue weighted by Gasteiger charge is 2.27. The zero-order valence-corrected chi connectivity index (χ0v) is 18.7. The van der Waals surface area contributed by atoms with Crippen molar-refractivity contribution in [2.24, 2.45) is 0 Å². The Morgan fingerprint density at radius 2 is 1.38 bits per heavy atom. The van der Waals surface area contributed by atoms with Crippen molar-refractivity contribution in [3.05, 3.63) is 98.0 Å². The quantitative estimate of drug-likeness (QED) is 0.348. The highest BCUT2D eigenvalue weighted by molar-refractivity contribution is 7.71.